The predicted octanol–water partition coefficient (Wildman–Crippen LogP) is -2.24. The molecule has 5 nitrogen and oxygen atoms in total. The summed E-state index contributed by atoms with van der Waals surface area (Å²) in [6, 6.07) is 0. The van der Waals surface area contributed by atoms with Gasteiger partial charge >= 0.3 is 0 Å². The molecular formula is C5H19NO4. The van der Waals surface area contributed by atoms with Crippen molar-refractivity contribution in [2.75, 3.05) is 34.5 Å². The second kappa shape index (κ2) is 165. The molecule has 0 saturated heterocycles. The molecule has 0 aromatic carbocycles. The molecule has 0 aliphatic rings. The summed E-state index contributed by atoms with van der Waals surface area (Å²) in [6.45, 7) is 0.472. The molecule has 10 heavy (non-hydrogen) atoms. The third kappa shape index (κ3) is 564. The van der Waals surface area contributed by atoms with E-state index < -0.39 is 0 Å². The molecule has 0 aromatic heterocycles. The van der Waals surface area contributed by atoms with Gasteiger partial charge in [-0.1, -0.05) is 0 Å². The van der Waals surface area contributed by atoms with Crippen LogP contribution in [0, 0.1) is 0 Å². The molecule has 0 spiro atoms. The van der Waals surface area contributed by atoms with Crippen LogP contribution in [-0.2, 0) is 0 Å². The Hall–Kier alpha value is -0.200. The fourth-order valence-corrected chi connectivity index (χ4v) is 0. The maximum Gasteiger partial charge on any atom is 0.0553 e. The van der Waals surface area contributed by atoms with Crippen molar-refractivity contribution in [1.82, 2.24) is 0 Å². The van der Waals surface area contributed by atoms with Crippen molar-refractivity contribution < 1.29 is 20.4 Å². The van der Waals surface area contributed by atoms with Gasteiger partial charge in [-0.3, -0.25) is 0 Å². The topological polar surface area (TPSA) is 107 Å². The zero-order chi connectivity index (χ0) is 9.41. The fourth-order valence-electron chi connectivity index (χ4n) is 0. The molecule has 0 unspecified atom stereocenters. The molecule has 0 rings (SSSR count). The highest BCUT2D eigenvalue weighted by Gasteiger charge is 1.56. The Bertz CT molecular complexity index is 15.6. The summed E-state index contributed by atoms with van der Waals surface area (Å²) in [5.41, 5.74) is 4.78. The number of rotatable bonds is 1. The Morgan fingerprint density at radius 2 is 1.00 bits per heavy atom. The lowest BCUT2D eigenvalue weighted by atomic mass is 10.8. The summed E-state index contributed by atoms with van der Waals surface area (Å²) < 4.78 is 0. The van der Waals surface area contributed by atoms with Crippen LogP contribution in [0.4, 0.5) is 0 Å². The van der Waals surface area contributed by atoms with E-state index in [-0.39, 0.29) is 6.61 Å². The fraction of sp³-hybridized carbons (Fsp3) is 1.00. The predicted molar refractivity (Wildman–Crippen MR) is 40.6 cm³/mol. The number of aliphatic hydroxyl groups is 4. The van der Waals surface area contributed by atoms with Crippen LogP contribution < -0.4 is 5.73 Å². The SMILES string of the molecule is CO.CO.CO.NCCO. The van der Waals surface area contributed by atoms with Gasteiger partial charge in [0.05, 0.1) is 6.61 Å². The standard InChI is InChI=1S/C2H7NO.3CH4O/c3-1-2-4;3*1-2/h4H,1-3H2;3*2H,1H3. The first kappa shape index (κ1) is 22.6. The molecule has 0 saturated carbocycles. The molecule has 0 heterocycles. The Kier molecular flexibility index (Phi) is 373. The molecule has 68 valence electrons. The molecule has 0 fully saturated rings. The minimum atomic E-state index is 0.0972. The Morgan fingerprint density at radius 3 is 1.00 bits per heavy atom. The zero-order valence-corrected chi connectivity index (χ0v) is 6.78. The number of nitrogens with two attached hydrogens (primary N) is 1. The zero-order valence-electron chi connectivity index (χ0n) is 6.78. The van der Waals surface area contributed by atoms with Gasteiger partial charge < -0.3 is 26.2 Å². The van der Waals surface area contributed by atoms with Crippen LogP contribution in [0.2, 0.25) is 0 Å². The summed E-state index contributed by atoms with van der Waals surface area (Å²) >= 11 is 0. The van der Waals surface area contributed by atoms with E-state index in [2.05, 4.69) is 0 Å². The summed E-state index contributed by atoms with van der Waals surface area (Å²) in [4.78, 5) is 0. The van der Waals surface area contributed by atoms with Crippen LogP contribution in [-0.4, -0.2) is 54.9 Å². The van der Waals surface area contributed by atoms with Gasteiger partial charge in [-0.05, 0) is 0 Å². The average Bonchev–Trinajstić information content (AvgIpc) is 2.14. The van der Waals surface area contributed by atoms with Crippen LogP contribution in [0.15, 0.2) is 0 Å². The molecule has 0 aromatic rings. The lowest BCUT2D eigenvalue weighted by molar-refractivity contribution is 0.306. The minimum Gasteiger partial charge on any atom is -0.400 e. The molecule has 0 aliphatic heterocycles. The van der Waals surface area contributed by atoms with E-state index in [4.69, 9.17) is 26.2 Å². The molecule has 0 amide bonds. The highest BCUT2D eigenvalue weighted by molar-refractivity contribution is 4.17. The molecule has 5 heteroatoms. The maximum absolute atomic E-state index is 7.75. The van der Waals surface area contributed by atoms with Gasteiger partial charge in [0.15, 0.2) is 0 Å². The molecule has 0 radical (unpaired) electrons. The highest BCUT2D eigenvalue weighted by atomic mass is 16.3. The number of hydrogen-bond acceptors (Lipinski definition) is 5. The molecule has 0 bridgehead atoms. The van der Waals surface area contributed by atoms with Crippen LogP contribution in [0.3, 0.4) is 0 Å². The molecule has 0 aliphatic carbocycles. The number of hydrogen-bond donors (Lipinski definition) is 5. The van der Waals surface area contributed by atoms with E-state index in [1.807, 2.05) is 0 Å². The van der Waals surface area contributed by atoms with E-state index in [0.29, 0.717) is 6.54 Å². The summed E-state index contributed by atoms with van der Waals surface area (Å²) in [5.74, 6) is 0. The van der Waals surface area contributed by atoms with Crippen molar-refractivity contribution in [3.63, 3.8) is 0 Å². The van der Waals surface area contributed by atoms with Crippen LogP contribution in [0.1, 0.15) is 0 Å². The molecular weight excluding hydrogens is 138 g/mol. The van der Waals surface area contributed by atoms with Gasteiger partial charge in [0.2, 0.25) is 0 Å². The van der Waals surface area contributed by atoms with E-state index >= 15 is 0 Å². The first-order valence-corrected chi connectivity index (χ1v) is 2.57. The van der Waals surface area contributed by atoms with Crippen molar-refractivity contribution in [2.24, 2.45) is 5.73 Å². The van der Waals surface area contributed by atoms with Crippen molar-refractivity contribution in [1.29, 1.82) is 0 Å². The largest absolute Gasteiger partial charge is 0.400 e. The third-order valence-corrected chi connectivity index (χ3v) is 0.129. The van der Waals surface area contributed by atoms with Gasteiger partial charge in [0.1, 0.15) is 0 Å². The Morgan fingerprint density at radius 1 is 0.900 bits per heavy atom. The van der Waals surface area contributed by atoms with E-state index in [0.717, 1.165) is 21.3 Å². The van der Waals surface area contributed by atoms with E-state index in [9.17, 15) is 0 Å². The van der Waals surface area contributed by atoms with Crippen molar-refractivity contribution >= 4 is 0 Å². The lowest BCUT2D eigenvalue weighted by Gasteiger charge is -1.71. The second-order valence-electron chi connectivity index (χ2n) is 0.512. The van der Waals surface area contributed by atoms with Crippen molar-refractivity contribution in [3.05, 3.63) is 0 Å². The number of aliphatic hydroxyl groups excluding tert-OH is 4. The summed E-state index contributed by atoms with van der Waals surface area (Å²) in [7, 11) is 3.00. The molecule has 6 N–H and O–H groups in total. The van der Waals surface area contributed by atoms with Gasteiger partial charge in [-0.25, -0.2) is 0 Å². The van der Waals surface area contributed by atoms with Crippen LogP contribution in [0.25, 0.3) is 0 Å². The van der Waals surface area contributed by atoms with Gasteiger partial charge in [0.25, 0.3) is 0 Å². The van der Waals surface area contributed by atoms with Crippen molar-refractivity contribution in [3.8, 4) is 0 Å². The quantitative estimate of drug-likeness (QED) is 0.296. The average molecular weight is 157 g/mol. The summed E-state index contributed by atoms with van der Waals surface area (Å²) in [6.07, 6.45) is 0. The van der Waals surface area contributed by atoms with Gasteiger partial charge in [-0.15, -0.1) is 0 Å². The van der Waals surface area contributed by atoms with Gasteiger partial charge in [-0.2, -0.15) is 0 Å². The van der Waals surface area contributed by atoms with Crippen LogP contribution in [0.5, 0.6) is 0 Å². The van der Waals surface area contributed by atoms with E-state index in [1.165, 1.54) is 0 Å². The third-order valence-electron chi connectivity index (χ3n) is 0.129. The smallest absolute Gasteiger partial charge is 0.0553 e. The first-order chi connectivity index (χ1) is 4.91. The first-order valence-electron chi connectivity index (χ1n) is 2.57. The summed E-state index contributed by atoms with van der Waals surface area (Å²) in [5, 5.41) is 28.8. The highest BCUT2D eigenvalue weighted by Crippen LogP contribution is 1.33. The minimum absolute atomic E-state index is 0.0972. The second-order valence-corrected chi connectivity index (χ2v) is 0.512. The lowest BCUT2D eigenvalue weighted by Crippen LogP contribution is -2.02. The van der Waals surface area contributed by atoms with E-state index in [1.54, 1.807) is 0 Å². The normalized spacial score (nSPS) is 4.80. The van der Waals surface area contributed by atoms with Crippen molar-refractivity contribution in [2.45, 2.75) is 0 Å². The Balaban J connectivity index is -0.0000000262. The maximum atomic E-state index is 7.75. The monoisotopic (exact) mass is 157 g/mol. The Labute approximate surface area is 61.7 Å². The van der Waals surface area contributed by atoms with Crippen LogP contribution >= 0.6 is 0 Å². The van der Waals surface area contributed by atoms with Gasteiger partial charge in [0, 0.05) is 27.9 Å². The molecule has 0 atom stereocenters.